The molecule has 0 saturated carbocycles. The Labute approximate surface area is 137 Å². The summed E-state index contributed by atoms with van der Waals surface area (Å²) in [6.07, 6.45) is -0.944. The Balaban J connectivity index is 1.92. The van der Waals surface area contributed by atoms with Crippen molar-refractivity contribution in [2.24, 2.45) is 11.5 Å². The first-order valence-corrected chi connectivity index (χ1v) is 7.37. The molecule has 0 spiro atoms. The Hall–Kier alpha value is -2.93. The lowest BCUT2D eigenvalue weighted by molar-refractivity contribution is 0.1000. The topological polar surface area (TPSA) is 98.6 Å². The molecule has 2 amide bonds. The van der Waals surface area contributed by atoms with E-state index in [1.165, 1.54) is 17.0 Å². The summed E-state index contributed by atoms with van der Waals surface area (Å²) < 4.78 is 19.6. The highest BCUT2D eigenvalue weighted by molar-refractivity contribution is 5.94. The SMILES string of the molecule is NCC1CN(c2ccc(-c3cccc(C(N)=O)c3)c(F)c2)C(=O)O1. The van der Waals surface area contributed by atoms with Crippen LogP contribution < -0.4 is 16.4 Å². The third-order valence-electron chi connectivity index (χ3n) is 3.86. The van der Waals surface area contributed by atoms with Crippen molar-refractivity contribution >= 4 is 17.7 Å². The molecule has 24 heavy (non-hydrogen) atoms. The number of halogens is 1. The van der Waals surface area contributed by atoms with Gasteiger partial charge in [-0.3, -0.25) is 9.69 Å². The van der Waals surface area contributed by atoms with Gasteiger partial charge in [0.25, 0.3) is 0 Å². The number of cyclic esters (lactones) is 1. The number of carbonyl (C=O) groups excluding carboxylic acids is 2. The zero-order chi connectivity index (χ0) is 17.3. The van der Waals surface area contributed by atoms with E-state index in [9.17, 15) is 14.0 Å². The van der Waals surface area contributed by atoms with Crippen LogP contribution >= 0.6 is 0 Å². The Morgan fingerprint density at radius 2 is 2.08 bits per heavy atom. The highest BCUT2D eigenvalue weighted by Crippen LogP contribution is 2.29. The monoisotopic (exact) mass is 329 g/mol. The Bertz CT molecular complexity index is 809. The molecule has 4 N–H and O–H groups in total. The summed E-state index contributed by atoms with van der Waals surface area (Å²) in [5.41, 5.74) is 12.3. The molecular weight excluding hydrogens is 313 g/mol. The van der Waals surface area contributed by atoms with Gasteiger partial charge < -0.3 is 16.2 Å². The average molecular weight is 329 g/mol. The number of primary amides is 1. The number of rotatable bonds is 4. The minimum atomic E-state index is -0.582. The molecule has 124 valence electrons. The van der Waals surface area contributed by atoms with E-state index in [1.54, 1.807) is 30.3 Å². The first kappa shape index (κ1) is 15.9. The molecule has 6 nitrogen and oxygen atoms in total. The highest BCUT2D eigenvalue weighted by Gasteiger charge is 2.31. The van der Waals surface area contributed by atoms with Crippen LogP contribution in [-0.4, -0.2) is 31.2 Å². The molecule has 0 aromatic heterocycles. The lowest BCUT2D eigenvalue weighted by Crippen LogP contribution is -2.27. The summed E-state index contributed by atoms with van der Waals surface area (Å²) in [4.78, 5) is 24.4. The summed E-state index contributed by atoms with van der Waals surface area (Å²) >= 11 is 0. The summed E-state index contributed by atoms with van der Waals surface area (Å²) in [5.74, 6) is -1.10. The van der Waals surface area contributed by atoms with Crippen LogP contribution in [0.3, 0.4) is 0 Å². The van der Waals surface area contributed by atoms with Crippen molar-refractivity contribution in [2.45, 2.75) is 6.10 Å². The second-order valence-corrected chi connectivity index (χ2v) is 5.46. The number of nitrogens with two attached hydrogens (primary N) is 2. The molecule has 0 aliphatic carbocycles. The van der Waals surface area contributed by atoms with E-state index in [2.05, 4.69) is 0 Å². The van der Waals surface area contributed by atoms with Gasteiger partial charge in [0.2, 0.25) is 5.91 Å². The summed E-state index contributed by atoms with van der Waals surface area (Å²) in [6, 6.07) is 10.8. The third-order valence-corrected chi connectivity index (χ3v) is 3.86. The minimum absolute atomic E-state index is 0.211. The van der Waals surface area contributed by atoms with Crippen molar-refractivity contribution in [1.82, 2.24) is 0 Å². The van der Waals surface area contributed by atoms with Crippen molar-refractivity contribution in [3.63, 3.8) is 0 Å². The fourth-order valence-electron chi connectivity index (χ4n) is 2.60. The molecule has 1 unspecified atom stereocenters. The lowest BCUT2D eigenvalue weighted by Gasteiger charge is -2.14. The third kappa shape index (κ3) is 2.93. The predicted molar refractivity (Wildman–Crippen MR) is 87.0 cm³/mol. The van der Waals surface area contributed by atoms with Gasteiger partial charge >= 0.3 is 6.09 Å². The fraction of sp³-hybridized carbons (Fsp3) is 0.176. The largest absolute Gasteiger partial charge is 0.443 e. The van der Waals surface area contributed by atoms with Crippen molar-refractivity contribution in [1.29, 1.82) is 0 Å². The number of amides is 2. The molecule has 1 atom stereocenters. The molecule has 3 rings (SSSR count). The van der Waals surface area contributed by atoms with Crippen LogP contribution in [0.1, 0.15) is 10.4 Å². The Morgan fingerprint density at radius 3 is 2.71 bits per heavy atom. The smallest absolute Gasteiger partial charge is 0.414 e. The molecule has 2 aromatic carbocycles. The second kappa shape index (κ2) is 6.29. The first-order valence-electron chi connectivity index (χ1n) is 7.37. The van der Waals surface area contributed by atoms with Crippen LogP contribution in [0.4, 0.5) is 14.9 Å². The van der Waals surface area contributed by atoms with Crippen LogP contribution in [0, 0.1) is 5.82 Å². The Kier molecular flexibility index (Phi) is 4.18. The quantitative estimate of drug-likeness (QED) is 0.894. The van der Waals surface area contributed by atoms with Crippen LogP contribution in [-0.2, 0) is 4.74 Å². The Morgan fingerprint density at radius 1 is 1.29 bits per heavy atom. The number of nitrogens with zero attached hydrogens (tertiary/aromatic N) is 1. The number of hydrogen-bond acceptors (Lipinski definition) is 4. The summed E-state index contributed by atoms with van der Waals surface area (Å²) in [6.45, 7) is 0.494. The number of hydrogen-bond donors (Lipinski definition) is 2. The molecule has 2 aromatic rings. The number of ether oxygens (including phenoxy) is 1. The first-order chi connectivity index (χ1) is 11.5. The van der Waals surface area contributed by atoms with E-state index in [0.29, 0.717) is 22.4 Å². The molecule has 1 saturated heterocycles. The zero-order valence-electron chi connectivity index (χ0n) is 12.7. The van der Waals surface area contributed by atoms with E-state index >= 15 is 0 Å². The van der Waals surface area contributed by atoms with Gasteiger partial charge in [-0.1, -0.05) is 12.1 Å². The maximum Gasteiger partial charge on any atom is 0.414 e. The molecule has 7 heteroatoms. The van der Waals surface area contributed by atoms with Gasteiger partial charge in [-0.15, -0.1) is 0 Å². The van der Waals surface area contributed by atoms with Crippen molar-refractivity contribution < 1.29 is 18.7 Å². The normalized spacial score (nSPS) is 17.0. The van der Waals surface area contributed by atoms with Gasteiger partial charge in [0.1, 0.15) is 11.9 Å². The van der Waals surface area contributed by atoms with E-state index in [4.69, 9.17) is 16.2 Å². The predicted octanol–water partition coefficient (Wildman–Crippen LogP) is 1.88. The van der Waals surface area contributed by atoms with Crippen LogP contribution in [0.15, 0.2) is 42.5 Å². The van der Waals surface area contributed by atoms with E-state index in [-0.39, 0.29) is 13.1 Å². The van der Waals surface area contributed by atoms with E-state index in [1.807, 2.05) is 0 Å². The van der Waals surface area contributed by atoms with Crippen molar-refractivity contribution in [3.05, 3.63) is 53.8 Å². The minimum Gasteiger partial charge on any atom is -0.443 e. The van der Waals surface area contributed by atoms with E-state index < -0.39 is 23.9 Å². The van der Waals surface area contributed by atoms with Crippen LogP contribution in [0.25, 0.3) is 11.1 Å². The van der Waals surface area contributed by atoms with E-state index in [0.717, 1.165) is 0 Å². The van der Waals surface area contributed by atoms with Crippen LogP contribution in [0.2, 0.25) is 0 Å². The van der Waals surface area contributed by atoms with Gasteiger partial charge in [-0.05, 0) is 35.9 Å². The zero-order valence-corrected chi connectivity index (χ0v) is 12.7. The second-order valence-electron chi connectivity index (χ2n) is 5.46. The van der Waals surface area contributed by atoms with Crippen molar-refractivity contribution in [2.75, 3.05) is 18.0 Å². The van der Waals surface area contributed by atoms with Gasteiger partial charge in [-0.25, -0.2) is 9.18 Å². The number of carbonyl (C=O) groups is 2. The van der Waals surface area contributed by atoms with Gasteiger partial charge in [0, 0.05) is 17.7 Å². The maximum absolute atomic E-state index is 14.5. The van der Waals surface area contributed by atoms with Crippen molar-refractivity contribution in [3.8, 4) is 11.1 Å². The summed E-state index contributed by atoms with van der Waals surface area (Å²) in [7, 11) is 0. The standard InChI is InChI=1S/C17H16FN3O3/c18-15-7-12(21-9-13(8-19)24-17(21)23)4-5-14(15)10-2-1-3-11(6-10)16(20)22/h1-7,13H,8-9,19H2,(H2,20,22). The van der Waals surface area contributed by atoms with Crippen LogP contribution in [0.5, 0.6) is 0 Å². The number of benzene rings is 2. The fourth-order valence-corrected chi connectivity index (χ4v) is 2.60. The number of anilines is 1. The summed E-state index contributed by atoms with van der Waals surface area (Å²) in [5, 5.41) is 0. The van der Waals surface area contributed by atoms with Gasteiger partial charge in [0.15, 0.2) is 0 Å². The maximum atomic E-state index is 14.5. The molecule has 1 aliphatic heterocycles. The molecule has 0 radical (unpaired) electrons. The lowest BCUT2D eigenvalue weighted by atomic mass is 10.0. The van der Waals surface area contributed by atoms with Gasteiger partial charge in [0.05, 0.1) is 12.2 Å². The molecule has 1 fully saturated rings. The molecular formula is C17H16FN3O3. The molecule has 1 heterocycles. The molecule has 1 aliphatic rings. The average Bonchev–Trinajstić information content (AvgIpc) is 2.96. The highest BCUT2D eigenvalue weighted by atomic mass is 19.1. The molecule has 0 bridgehead atoms. The van der Waals surface area contributed by atoms with Gasteiger partial charge in [-0.2, -0.15) is 0 Å².